The molecule has 3 rings (SSSR count). The minimum absolute atomic E-state index is 0.177. The average Bonchev–Trinajstić information content (AvgIpc) is 2.68. The maximum atomic E-state index is 12.4. The molecule has 2 aromatic rings. The summed E-state index contributed by atoms with van der Waals surface area (Å²) in [6.07, 6.45) is 4.26. The Balaban J connectivity index is 1.79. The molecule has 1 aliphatic carbocycles. The maximum Gasteiger partial charge on any atom is 0.294 e. The number of nitro benzene ring substituents is 1. The molecule has 0 heterocycles. The number of benzene rings is 2. The molecule has 1 saturated carbocycles. The van der Waals surface area contributed by atoms with Gasteiger partial charge >= 0.3 is 0 Å². The fourth-order valence-corrected chi connectivity index (χ4v) is 3.11. The lowest BCUT2D eigenvalue weighted by molar-refractivity contribution is -0.384. The van der Waals surface area contributed by atoms with E-state index in [2.05, 4.69) is 22.8 Å². The van der Waals surface area contributed by atoms with Crippen LogP contribution < -0.4 is 10.7 Å². The van der Waals surface area contributed by atoms with Crippen molar-refractivity contribution in [2.45, 2.75) is 32.6 Å². The summed E-state index contributed by atoms with van der Waals surface area (Å²) in [5, 5.41) is 18.6. The van der Waals surface area contributed by atoms with E-state index < -0.39 is 10.8 Å². The number of nitro groups is 1. The second-order valence-corrected chi connectivity index (χ2v) is 6.67. The number of hydrogen-bond donors (Lipinski definition) is 2. The average molecular weight is 366 g/mol. The Kier molecular flexibility index (Phi) is 5.80. The van der Waals surface area contributed by atoms with Crippen LogP contribution in [0.15, 0.2) is 53.6 Å². The summed E-state index contributed by atoms with van der Waals surface area (Å²) in [6, 6.07) is 13.3. The lowest BCUT2D eigenvalue weighted by Crippen LogP contribution is -2.17. The van der Waals surface area contributed by atoms with E-state index in [-0.39, 0.29) is 16.9 Å². The van der Waals surface area contributed by atoms with Gasteiger partial charge in [-0.15, -0.1) is 0 Å². The third-order valence-electron chi connectivity index (χ3n) is 4.70. The van der Waals surface area contributed by atoms with Crippen LogP contribution in [0.2, 0.25) is 0 Å². The van der Waals surface area contributed by atoms with E-state index in [1.54, 1.807) is 30.3 Å². The summed E-state index contributed by atoms with van der Waals surface area (Å²) in [5.74, 6) is -0.0238. The minimum atomic E-state index is -0.508. The van der Waals surface area contributed by atoms with E-state index >= 15 is 0 Å². The van der Waals surface area contributed by atoms with Gasteiger partial charge in [0.05, 0.1) is 4.92 Å². The molecule has 0 saturated heterocycles. The molecular weight excluding hydrogens is 344 g/mol. The Morgan fingerprint density at radius 1 is 1.19 bits per heavy atom. The predicted octanol–water partition coefficient (Wildman–Crippen LogP) is 4.83. The van der Waals surface area contributed by atoms with Gasteiger partial charge in [0.25, 0.3) is 11.6 Å². The van der Waals surface area contributed by atoms with Gasteiger partial charge in [0.2, 0.25) is 0 Å². The Morgan fingerprint density at radius 3 is 2.67 bits per heavy atom. The highest BCUT2D eigenvalue weighted by molar-refractivity contribution is 6.05. The Bertz CT molecular complexity index is 865. The smallest absolute Gasteiger partial charge is 0.294 e. The predicted molar refractivity (Wildman–Crippen MR) is 106 cm³/mol. The van der Waals surface area contributed by atoms with Gasteiger partial charge in [0, 0.05) is 23.0 Å². The summed E-state index contributed by atoms with van der Waals surface area (Å²) in [7, 11) is 0. The van der Waals surface area contributed by atoms with Crippen molar-refractivity contribution >= 4 is 28.7 Å². The van der Waals surface area contributed by atoms with E-state index in [0.717, 1.165) is 25.0 Å². The second kappa shape index (κ2) is 8.44. The van der Waals surface area contributed by atoms with Gasteiger partial charge < -0.3 is 5.32 Å². The zero-order valence-corrected chi connectivity index (χ0v) is 15.1. The Labute approximate surface area is 157 Å². The first kappa shape index (κ1) is 18.6. The molecule has 1 aliphatic rings. The Morgan fingerprint density at radius 2 is 1.96 bits per heavy atom. The number of carbonyl (C=O) groups is 1. The largest absolute Gasteiger partial charge is 0.322 e. The van der Waals surface area contributed by atoms with Crippen LogP contribution in [0.1, 0.15) is 43.0 Å². The van der Waals surface area contributed by atoms with Crippen molar-refractivity contribution in [3.05, 3.63) is 64.2 Å². The van der Waals surface area contributed by atoms with Crippen molar-refractivity contribution in [3.63, 3.8) is 0 Å². The molecule has 7 nitrogen and oxygen atoms in total. The van der Waals surface area contributed by atoms with Crippen molar-refractivity contribution in [1.82, 2.24) is 0 Å². The van der Waals surface area contributed by atoms with Gasteiger partial charge in [0.15, 0.2) is 0 Å². The number of rotatable bonds is 5. The van der Waals surface area contributed by atoms with Crippen molar-refractivity contribution < 1.29 is 9.72 Å². The summed E-state index contributed by atoms with van der Waals surface area (Å²) < 4.78 is 0. The van der Waals surface area contributed by atoms with Crippen molar-refractivity contribution in [3.8, 4) is 0 Å². The minimum Gasteiger partial charge on any atom is -0.322 e. The van der Waals surface area contributed by atoms with Crippen LogP contribution in [0.3, 0.4) is 0 Å². The normalized spacial score (nSPS) is 18.1. The van der Waals surface area contributed by atoms with E-state index in [4.69, 9.17) is 0 Å². The third kappa shape index (κ3) is 4.69. The van der Waals surface area contributed by atoms with Gasteiger partial charge in [0.1, 0.15) is 5.69 Å². The standard InChI is InChI=1S/C20H22N4O3/c1-14-7-5-6-10-17(14)22-23-18-12-11-15(13-19(18)24(26)27)20(25)21-16-8-3-2-4-9-16/h2-4,8-9,11-14,23H,5-7,10H2,1H3,(H,21,25)/b22-17+. The topological polar surface area (TPSA) is 96.6 Å². The van der Waals surface area contributed by atoms with Gasteiger partial charge in [-0.1, -0.05) is 31.5 Å². The molecule has 2 aromatic carbocycles. The van der Waals surface area contributed by atoms with Crippen LogP contribution >= 0.6 is 0 Å². The summed E-state index contributed by atoms with van der Waals surface area (Å²) in [4.78, 5) is 23.3. The number of nitrogens with one attached hydrogen (secondary N) is 2. The second-order valence-electron chi connectivity index (χ2n) is 6.67. The number of amides is 1. The molecule has 1 fully saturated rings. The first-order chi connectivity index (χ1) is 13.0. The quantitative estimate of drug-likeness (QED) is 0.585. The van der Waals surface area contributed by atoms with Gasteiger partial charge in [-0.3, -0.25) is 20.3 Å². The van der Waals surface area contributed by atoms with Gasteiger partial charge in [-0.05, 0) is 49.4 Å². The Hall–Kier alpha value is -3.22. The summed E-state index contributed by atoms with van der Waals surface area (Å²) in [6.45, 7) is 2.12. The molecule has 140 valence electrons. The van der Waals surface area contributed by atoms with Crippen LogP contribution in [0.5, 0.6) is 0 Å². The number of carbonyl (C=O) groups excluding carboxylic acids is 1. The first-order valence-corrected chi connectivity index (χ1v) is 9.02. The molecule has 0 spiro atoms. The number of anilines is 2. The fourth-order valence-electron chi connectivity index (χ4n) is 3.11. The molecule has 0 aromatic heterocycles. The molecular formula is C20H22N4O3. The molecule has 0 bridgehead atoms. The monoisotopic (exact) mass is 366 g/mol. The fraction of sp³-hybridized carbons (Fsp3) is 0.300. The van der Waals surface area contributed by atoms with Crippen LogP contribution in [-0.2, 0) is 0 Å². The number of hydrogen-bond acceptors (Lipinski definition) is 5. The number of hydrazone groups is 1. The molecule has 7 heteroatoms. The molecule has 27 heavy (non-hydrogen) atoms. The van der Waals surface area contributed by atoms with Crippen molar-refractivity contribution in [2.75, 3.05) is 10.7 Å². The highest BCUT2D eigenvalue weighted by Crippen LogP contribution is 2.27. The van der Waals surface area contributed by atoms with Gasteiger partial charge in [-0.2, -0.15) is 5.10 Å². The van der Waals surface area contributed by atoms with Crippen LogP contribution in [-0.4, -0.2) is 16.5 Å². The van der Waals surface area contributed by atoms with E-state index in [1.165, 1.54) is 18.6 Å². The number of nitrogens with zero attached hydrogens (tertiary/aromatic N) is 2. The lowest BCUT2D eigenvalue weighted by Gasteiger charge is -2.20. The summed E-state index contributed by atoms with van der Waals surface area (Å²) in [5.41, 5.74) is 4.80. The highest BCUT2D eigenvalue weighted by Gasteiger charge is 2.19. The molecule has 1 amide bonds. The molecule has 0 radical (unpaired) electrons. The maximum absolute atomic E-state index is 12.4. The molecule has 2 N–H and O–H groups in total. The lowest BCUT2D eigenvalue weighted by atomic mass is 9.89. The highest BCUT2D eigenvalue weighted by atomic mass is 16.6. The third-order valence-corrected chi connectivity index (χ3v) is 4.70. The SMILES string of the molecule is CC1CCCC/C1=N\Nc1ccc(C(=O)Nc2ccccc2)cc1[N+](=O)[O-]. The van der Waals surface area contributed by atoms with Gasteiger partial charge in [-0.25, -0.2) is 0 Å². The van der Waals surface area contributed by atoms with Crippen LogP contribution in [0.25, 0.3) is 0 Å². The van der Waals surface area contributed by atoms with Crippen molar-refractivity contribution in [2.24, 2.45) is 11.0 Å². The van der Waals surface area contributed by atoms with Crippen LogP contribution in [0.4, 0.5) is 17.1 Å². The van der Waals surface area contributed by atoms with E-state index in [9.17, 15) is 14.9 Å². The molecule has 0 aliphatic heterocycles. The van der Waals surface area contributed by atoms with Crippen LogP contribution in [0, 0.1) is 16.0 Å². The first-order valence-electron chi connectivity index (χ1n) is 9.02. The van der Waals surface area contributed by atoms with E-state index in [1.807, 2.05) is 6.07 Å². The number of para-hydroxylation sites is 1. The van der Waals surface area contributed by atoms with E-state index in [0.29, 0.717) is 11.6 Å². The van der Waals surface area contributed by atoms with Crippen molar-refractivity contribution in [1.29, 1.82) is 0 Å². The zero-order chi connectivity index (χ0) is 19.2. The summed E-state index contributed by atoms with van der Waals surface area (Å²) >= 11 is 0. The molecule has 1 unspecified atom stereocenters. The molecule has 1 atom stereocenters. The zero-order valence-electron chi connectivity index (χ0n) is 15.1.